The molecular weight excluding hydrogens is 322 g/mol. The maximum absolute atomic E-state index is 10.7. The van der Waals surface area contributed by atoms with Gasteiger partial charge in [0.25, 0.3) is 5.69 Å². The summed E-state index contributed by atoms with van der Waals surface area (Å²) >= 11 is 4.51. The molecule has 18 heavy (non-hydrogen) atoms. The van der Waals surface area contributed by atoms with E-state index in [2.05, 4.69) is 20.9 Å². The van der Waals surface area contributed by atoms with E-state index in [-0.39, 0.29) is 12.3 Å². The number of non-ortho nitro benzene ring substituents is 1. The van der Waals surface area contributed by atoms with Crippen LogP contribution in [-0.4, -0.2) is 9.91 Å². The number of nitrogen functional groups attached to an aromatic ring is 1. The Hall–Kier alpha value is -1.67. The van der Waals surface area contributed by atoms with Gasteiger partial charge in [-0.15, -0.1) is 11.3 Å². The van der Waals surface area contributed by atoms with Crippen LogP contribution in [0, 0.1) is 10.1 Å². The van der Waals surface area contributed by atoms with Crippen molar-refractivity contribution in [3.8, 4) is 5.75 Å². The molecule has 0 fully saturated rings. The summed E-state index contributed by atoms with van der Waals surface area (Å²) in [5, 5.41) is 12.9. The standard InChI is InChI=1S/C10H8BrN3O3S/c11-6-1-8(14(15)16)3-9(2-6)17-4-7-5-18-10(12)13-7/h1-3,5H,4H2,(H2,12,13). The van der Waals surface area contributed by atoms with Gasteiger partial charge in [0, 0.05) is 15.9 Å². The number of thiazole rings is 1. The maximum Gasteiger partial charge on any atom is 0.274 e. The number of nitrogens with two attached hydrogens (primary N) is 1. The van der Waals surface area contributed by atoms with Gasteiger partial charge in [-0.05, 0) is 6.07 Å². The van der Waals surface area contributed by atoms with E-state index in [1.807, 2.05) is 0 Å². The van der Waals surface area contributed by atoms with Crippen LogP contribution in [-0.2, 0) is 6.61 Å². The molecule has 2 rings (SSSR count). The number of anilines is 1. The molecule has 0 aliphatic heterocycles. The van der Waals surface area contributed by atoms with Crippen molar-refractivity contribution in [1.29, 1.82) is 0 Å². The second-order valence-electron chi connectivity index (χ2n) is 3.37. The van der Waals surface area contributed by atoms with Crippen molar-refractivity contribution < 1.29 is 9.66 Å². The number of halogens is 1. The number of aromatic nitrogens is 1. The summed E-state index contributed by atoms with van der Waals surface area (Å²) in [5.41, 5.74) is 6.15. The molecule has 0 aliphatic rings. The molecule has 2 aromatic rings. The molecule has 6 nitrogen and oxygen atoms in total. The number of hydrogen-bond donors (Lipinski definition) is 1. The van der Waals surface area contributed by atoms with Gasteiger partial charge in [-0.25, -0.2) is 4.98 Å². The molecule has 1 aromatic heterocycles. The van der Waals surface area contributed by atoms with E-state index < -0.39 is 4.92 Å². The Labute approximate surface area is 115 Å². The fourth-order valence-corrected chi connectivity index (χ4v) is 2.29. The van der Waals surface area contributed by atoms with Crippen molar-refractivity contribution in [2.45, 2.75) is 6.61 Å². The first kappa shape index (κ1) is 12.8. The Balaban J connectivity index is 2.11. The van der Waals surface area contributed by atoms with Gasteiger partial charge in [-0.2, -0.15) is 0 Å². The molecule has 0 saturated carbocycles. The number of nitrogens with zero attached hydrogens (tertiary/aromatic N) is 2. The van der Waals surface area contributed by atoms with E-state index in [0.29, 0.717) is 21.0 Å². The lowest BCUT2D eigenvalue weighted by Gasteiger charge is -2.04. The Morgan fingerprint density at radius 2 is 2.28 bits per heavy atom. The Kier molecular flexibility index (Phi) is 3.78. The molecule has 94 valence electrons. The summed E-state index contributed by atoms with van der Waals surface area (Å²) in [4.78, 5) is 14.2. The lowest BCUT2D eigenvalue weighted by atomic mass is 10.3. The van der Waals surface area contributed by atoms with E-state index >= 15 is 0 Å². The minimum Gasteiger partial charge on any atom is -0.487 e. The molecule has 0 saturated heterocycles. The second-order valence-corrected chi connectivity index (χ2v) is 5.17. The van der Waals surface area contributed by atoms with Crippen LogP contribution in [0.25, 0.3) is 0 Å². The van der Waals surface area contributed by atoms with Gasteiger partial charge in [0.05, 0.1) is 16.7 Å². The first-order valence-corrected chi connectivity index (χ1v) is 6.49. The zero-order valence-electron chi connectivity index (χ0n) is 9.00. The second kappa shape index (κ2) is 5.32. The van der Waals surface area contributed by atoms with Gasteiger partial charge in [-0.1, -0.05) is 15.9 Å². The molecule has 8 heteroatoms. The monoisotopic (exact) mass is 329 g/mol. The molecule has 0 amide bonds. The van der Waals surface area contributed by atoms with Crippen molar-refractivity contribution >= 4 is 38.1 Å². The van der Waals surface area contributed by atoms with Crippen molar-refractivity contribution in [2.24, 2.45) is 0 Å². The summed E-state index contributed by atoms with van der Waals surface area (Å²) in [7, 11) is 0. The summed E-state index contributed by atoms with van der Waals surface area (Å²) in [5.74, 6) is 0.405. The molecule has 0 spiro atoms. The topological polar surface area (TPSA) is 91.3 Å². The number of benzene rings is 1. The van der Waals surface area contributed by atoms with Crippen LogP contribution in [0.2, 0.25) is 0 Å². The third kappa shape index (κ3) is 3.17. The summed E-state index contributed by atoms with van der Waals surface area (Å²) in [6.45, 7) is 0.224. The quantitative estimate of drug-likeness (QED) is 0.687. The Bertz CT molecular complexity index is 587. The summed E-state index contributed by atoms with van der Waals surface area (Å²) < 4.78 is 6.02. The number of ether oxygens (including phenoxy) is 1. The molecule has 0 radical (unpaired) electrons. The van der Waals surface area contributed by atoms with Crippen LogP contribution in [0.1, 0.15) is 5.69 Å². The average molecular weight is 330 g/mol. The number of rotatable bonds is 4. The summed E-state index contributed by atoms with van der Waals surface area (Å²) in [6, 6.07) is 4.43. The van der Waals surface area contributed by atoms with Gasteiger partial charge >= 0.3 is 0 Å². The van der Waals surface area contributed by atoms with Crippen LogP contribution in [0.4, 0.5) is 10.8 Å². The van der Waals surface area contributed by atoms with Crippen LogP contribution in [0.15, 0.2) is 28.1 Å². The largest absolute Gasteiger partial charge is 0.487 e. The molecule has 1 aromatic carbocycles. The predicted octanol–water partition coefficient (Wildman–Crippen LogP) is 2.98. The first-order chi connectivity index (χ1) is 8.54. The lowest BCUT2D eigenvalue weighted by Crippen LogP contribution is -1.97. The van der Waals surface area contributed by atoms with E-state index in [1.54, 1.807) is 11.4 Å². The van der Waals surface area contributed by atoms with Crippen molar-refractivity contribution in [3.63, 3.8) is 0 Å². The Morgan fingerprint density at radius 1 is 1.50 bits per heavy atom. The minimum atomic E-state index is -0.474. The SMILES string of the molecule is Nc1nc(COc2cc(Br)cc([N+](=O)[O-])c2)cs1. The molecule has 2 N–H and O–H groups in total. The van der Waals surface area contributed by atoms with Crippen LogP contribution in [0.3, 0.4) is 0 Å². The fraction of sp³-hybridized carbons (Fsp3) is 0.100. The fourth-order valence-electron chi connectivity index (χ4n) is 1.28. The Morgan fingerprint density at radius 3 is 2.89 bits per heavy atom. The van der Waals surface area contributed by atoms with Crippen molar-refractivity contribution in [3.05, 3.63) is 43.9 Å². The van der Waals surface area contributed by atoms with E-state index in [4.69, 9.17) is 10.5 Å². The van der Waals surface area contributed by atoms with Gasteiger partial charge < -0.3 is 10.5 Å². The minimum absolute atomic E-state index is 0.0304. The van der Waals surface area contributed by atoms with Crippen LogP contribution < -0.4 is 10.5 Å². The van der Waals surface area contributed by atoms with E-state index in [0.717, 1.165) is 0 Å². The smallest absolute Gasteiger partial charge is 0.274 e. The van der Waals surface area contributed by atoms with E-state index in [1.165, 1.54) is 23.5 Å². The number of hydrogen-bond acceptors (Lipinski definition) is 6. The molecular formula is C10H8BrN3O3S. The molecule has 0 unspecified atom stereocenters. The van der Waals surface area contributed by atoms with Crippen molar-refractivity contribution in [1.82, 2.24) is 4.98 Å². The average Bonchev–Trinajstić information content (AvgIpc) is 2.72. The maximum atomic E-state index is 10.7. The summed E-state index contributed by atoms with van der Waals surface area (Å²) in [6.07, 6.45) is 0. The van der Waals surface area contributed by atoms with Crippen molar-refractivity contribution in [2.75, 3.05) is 5.73 Å². The molecule has 1 heterocycles. The highest BCUT2D eigenvalue weighted by atomic mass is 79.9. The first-order valence-electron chi connectivity index (χ1n) is 4.82. The zero-order valence-corrected chi connectivity index (χ0v) is 11.4. The van der Waals surface area contributed by atoms with Gasteiger partial charge in [0.15, 0.2) is 5.13 Å². The highest BCUT2D eigenvalue weighted by Gasteiger charge is 2.10. The molecule has 0 atom stereocenters. The lowest BCUT2D eigenvalue weighted by molar-refractivity contribution is -0.385. The normalized spacial score (nSPS) is 10.3. The third-order valence-electron chi connectivity index (χ3n) is 2.02. The van der Waals surface area contributed by atoms with Gasteiger partial charge in [-0.3, -0.25) is 10.1 Å². The van der Waals surface area contributed by atoms with Crippen LogP contribution >= 0.6 is 27.3 Å². The number of nitro benzene ring substituents is 1. The zero-order chi connectivity index (χ0) is 13.1. The van der Waals surface area contributed by atoms with Gasteiger partial charge in [0.1, 0.15) is 12.4 Å². The molecule has 0 bridgehead atoms. The van der Waals surface area contributed by atoms with E-state index in [9.17, 15) is 10.1 Å². The third-order valence-corrected chi connectivity index (χ3v) is 3.20. The predicted molar refractivity (Wildman–Crippen MR) is 71.7 cm³/mol. The van der Waals surface area contributed by atoms with Crippen LogP contribution in [0.5, 0.6) is 5.75 Å². The highest BCUT2D eigenvalue weighted by Crippen LogP contribution is 2.26. The highest BCUT2D eigenvalue weighted by molar-refractivity contribution is 9.10. The van der Waals surface area contributed by atoms with Gasteiger partial charge in [0.2, 0.25) is 0 Å². The number of nitro groups is 1. The molecule has 0 aliphatic carbocycles.